The topological polar surface area (TPSA) is 75.6 Å². The second-order valence-electron chi connectivity index (χ2n) is 5.48. The van der Waals surface area contributed by atoms with Crippen molar-refractivity contribution in [2.24, 2.45) is 0 Å². The molecule has 130 valence electrons. The SMILES string of the molecule is c1ccc(Nc2nnc(CCc3nnc(Nc4ccccc4)s3)s2)cc1. The molecule has 4 rings (SSSR count). The van der Waals surface area contributed by atoms with Crippen LogP contribution in [0.1, 0.15) is 10.0 Å². The molecule has 0 radical (unpaired) electrons. The van der Waals surface area contributed by atoms with Gasteiger partial charge in [0.2, 0.25) is 10.3 Å². The lowest BCUT2D eigenvalue weighted by Gasteiger charge is -1.99. The largest absolute Gasteiger partial charge is 0.330 e. The Morgan fingerprint density at radius 1 is 0.577 bits per heavy atom. The van der Waals surface area contributed by atoms with Gasteiger partial charge >= 0.3 is 0 Å². The van der Waals surface area contributed by atoms with Crippen LogP contribution in [0.4, 0.5) is 21.6 Å². The van der Waals surface area contributed by atoms with Gasteiger partial charge in [0.25, 0.3) is 0 Å². The van der Waals surface area contributed by atoms with Gasteiger partial charge in [0.1, 0.15) is 10.0 Å². The first-order chi connectivity index (χ1) is 12.8. The van der Waals surface area contributed by atoms with E-state index in [0.29, 0.717) is 0 Å². The Morgan fingerprint density at radius 2 is 1.00 bits per heavy atom. The van der Waals surface area contributed by atoms with Gasteiger partial charge in [-0.15, -0.1) is 20.4 Å². The van der Waals surface area contributed by atoms with Crippen LogP contribution >= 0.6 is 22.7 Å². The molecule has 0 unspecified atom stereocenters. The maximum absolute atomic E-state index is 4.25. The van der Waals surface area contributed by atoms with Gasteiger partial charge in [-0.1, -0.05) is 59.1 Å². The van der Waals surface area contributed by atoms with Crippen molar-refractivity contribution in [2.45, 2.75) is 12.8 Å². The first-order valence-corrected chi connectivity index (χ1v) is 9.77. The van der Waals surface area contributed by atoms with Gasteiger partial charge in [0, 0.05) is 24.2 Å². The first-order valence-electron chi connectivity index (χ1n) is 8.14. The molecule has 0 saturated heterocycles. The molecule has 0 amide bonds. The molecule has 2 aromatic heterocycles. The second kappa shape index (κ2) is 8.03. The minimum absolute atomic E-state index is 0.800. The van der Waals surface area contributed by atoms with Gasteiger partial charge in [-0.2, -0.15) is 0 Å². The fourth-order valence-electron chi connectivity index (χ4n) is 2.31. The molecular formula is C18H16N6S2. The minimum atomic E-state index is 0.800. The number of aromatic nitrogens is 4. The highest BCUT2D eigenvalue weighted by molar-refractivity contribution is 7.15. The van der Waals surface area contributed by atoms with Crippen LogP contribution in [0.25, 0.3) is 0 Å². The molecule has 0 aliphatic carbocycles. The van der Waals surface area contributed by atoms with Crippen LogP contribution in [-0.4, -0.2) is 20.4 Å². The average molecular weight is 381 g/mol. The van der Waals surface area contributed by atoms with E-state index in [0.717, 1.165) is 44.5 Å². The Bertz CT molecular complexity index is 872. The van der Waals surface area contributed by atoms with Gasteiger partial charge in [-0.25, -0.2) is 0 Å². The fraction of sp³-hybridized carbons (Fsp3) is 0.111. The van der Waals surface area contributed by atoms with Crippen LogP contribution in [0.2, 0.25) is 0 Å². The number of hydrogen-bond donors (Lipinski definition) is 2. The lowest BCUT2D eigenvalue weighted by Crippen LogP contribution is -1.90. The lowest BCUT2D eigenvalue weighted by atomic mass is 10.3. The zero-order chi connectivity index (χ0) is 17.6. The summed E-state index contributed by atoms with van der Waals surface area (Å²) in [7, 11) is 0. The standard InChI is InChI=1S/C18H16N6S2/c1-3-7-13(8-4-1)19-17-23-21-15(25-17)11-12-16-22-24-18(26-16)20-14-9-5-2-6-10-14/h1-10H,11-12H2,(H,19,23)(H,20,24). The van der Waals surface area contributed by atoms with E-state index < -0.39 is 0 Å². The molecule has 0 aliphatic rings. The summed E-state index contributed by atoms with van der Waals surface area (Å²) < 4.78 is 0. The maximum atomic E-state index is 4.25. The van der Waals surface area contributed by atoms with Crippen molar-refractivity contribution in [3.63, 3.8) is 0 Å². The van der Waals surface area contributed by atoms with Crippen LogP contribution in [-0.2, 0) is 12.8 Å². The summed E-state index contributed by atoms with van der Waals surface area (Å²) in [6.45, 7) is 0. The number of nitrogens with zero attached hydrogens (tertiary/aromatic N) is 4. The second-order valence-corrected chi connectivity index (χ2v) is 7.61. The number of anilines is 4. The van der Waals surface area contributed by atoms with Crippen LogP contribution in [0.15, 0.2) is 60.7 Å². The Morgan fingerprint density at radius 3 is 1.42 bits per heavy atom. The van der Waals surface area contributed by atoms with Crippen LogP contribution in [0.5, 0.6) is 0 Å². The van der Waals surface area contributed by atoms with Crippen LogP contribution in [0.3, 0.4) is 0 Å². The third-order valence-corrected chi connectivity index (χ3v) is 5.33. The van der Waals surface area contributed by atoms with E-state index in [-0.39, 0.29) is 0 Å². The third kappa shape index (κ3) is 4.41. The summed E-state index contributed by atoms with van der Waals surface area (Å²) in [5.74, 6) is 0. The molecule has 0 spiro atoms. The number of para-hydroxylation sites is 2. The predicted octanol–water partition coefficient (Wildman–Crippen LogP) is 4.66. The number of rotatable bonds is 7. The fourth-order valence-corrected chi connectivity index (χ4v) is 3.83. The Balaban J connectivity index is 1.32. The van der Waals surface area contributed by atoms with Crippen LogP contribution < -0.4 is 10.6 Å². The van der Waals surface area contributed by atoms with Crippen LogP contribution in [0, 0.1) is 0 Å². The number of benzene rings is 2. The summed E-state index contributed by atoms with van der Waals surface area (Å²) >= 11 is 3.13. The third-order valence-electron chi connectivity index (χ3n) is 3.54. The van der Waals surface area contributed by atoms with Gasteiger partial charge in [0.15, 0.2) is 0 Å². The Kier molecular flexibility index (Phi) is 5.13. The van der Waals surface area contributed by atoms with Gasteiger partial charge in [-0.3, -0.25) is 0 Å². The van der Waals surface area contributed by atoms with Gasteiger partial charge < -0.3 is 10.6 Å². The van der Waals surface area contributed by atoms with E-state index >= 15 is 0 Å². The summed E-state index contributed by atoms with van der Waals surface area (Å²) in [5, 5.41) is 27.0. The lowest BCUT2D eigenvalue weighted by molar-refractivity contribution is 0.875. The van der Waals surface area contributed by atoms with Crippen molar-refractivity contribution in [1.29, 1.82) is 0 Å². The molecule has 0 fully saturated rings. The summed E-state index contributed by atoms with van der Waals surface area (Å²) in [6.07, 6.45) is 1.60. The van der Waals surface area contributed by atoms with Crippen molar-refractivity contribution in [3.05, 3.63) is 70.7 Å². The van der Waals surface area contributed by atoms with E-state index in [2.05, 4.69) is 31.0 Å². The van der Waals surface area contributed by atoms with E-state index in [9.17, 15) is 0 Å². The molecule has 2 N–H and O–H groups in total. The normalized spacial score (nSPS) is 10.6. The summed E-state index contributed by atoms with van der Waals surface area (Å²) in [6, 6.07) is 19.9. The summed E-state index contributed by atoms with van der Waals surface area (Å²) in [4.78, 5) is 0. The monoisotopic (exact) mass is 380 g/mol. The first kappa shape index (κ1) is 16.6. The van der Waals surface area contributed by atoms with Gasteiger partial charge in [0.05, 0.1) is 0 Å². The molecule has 0 bridgehead atoms. The van der Waals surface area contributed by atoms with Crippen molar-refractivity contribution >= 4 is 44.3 Å². The van der Waals surface area contributed by atoms with Gasteiger partial charge in [-0.05, 0) is 24.3 Å². The van der Waals surface area contributed by atoms with E-state index in [4.69, 9.17) is 0 Å². The van der Waals surface area contributed by atoms with Crippen molar-refractivity contribution in [3.8, 4) is 0 Å². The van der Waals surface area contributed by atoms with Crippen molar-refractivity contribution < 1.29 is 0 Å². The predicted molar refractivity (Wildman–Crippen MR) is 107 cm³/mol. The van der Waals surface area contributed by atoms with Crippen molar-refractivity contribution in [1.82, 2.24) is 20.4 Å². The Hall–Kier alpha value is -2.84. The molecule has 2 heterocycles. The highest BCUT2D eigenvalue weighted by Gasteiger charge is 2.08. The summed E-state index contributed by atoms with van der Waals surface area (Å²) in [5.41, 5.74) is 2.02. The highest BCUT2D eigenvalue weighted by atomic mass is 32.1. The molecule has 8 heteroatoms. The zero-order valence-corrected chi connectivity index (χ0v) is 15.4. The highest BCUT2D eigenvalue weighted by Crippen LogP contribution is 2.24. The number of nitrogens with one attached hydrogen (secondary N) is 2. The Labute approximate surface area is 159 Å². The molecule has 2 aromatic carbocycles. The number of hydrogen-bond acceptors (Lipinski definition) is 8. The van der Waals surface area contributed by atoms with E-state index in [1.165, 1.54) is 0 Å². The molecule has 0 atom stereocenters. The molecule has 26 heavy (non-hydrogen) atoms. The molecule has 6 nitrogen and oxygen atoms in total. The minimum Gasteiger partial charge on any atom is -0.330 e. The average Bonchev–Trinajstić information content (AvgIpc) is 3.31. The molecule has 0 saturated carbocycles. The molecule has 0 aliphatic heterocycles. The smallest absolute Gasteiger partial charge is 0.210 e. The quantitative estimate of drug-likeness (QED) is 0.486. The maximum Gasteiger partial charge on any atom is 0.210 e. The molecule has 4 aromatic rings. The van der Waals surface area contributed by atoms with Crippen molar-refractivity contribution in [2.75, 3.05) is 10.6 Å². The van der Waals surface area contributed by atoms with E-state index in [1.54, 1.807) is 22.7 Å². The number of aryl methyl sites for hydroxylation is 2. The zero-order valence-electron chi connectivity index (χ0n) is 13.8. The van der Waals surface area contributed by atoms with E-state index in [1.807, 2.05) is 60.7 Å². The molecular weight excluding hydrogens is 364 g/mol.